The van der Waals surface area contributed by atoms with Crippen LogP contribution < -0.4 is 5.32 Å². The Bertz CT molecular complexity index is 401. The van der Waals surface area contributed by atoms with Crippen molar-refractivity contribution in [2.24, 2.45) is 0 Å². The summed E-state index contributed by atoms with van der Waals surface area (Å²) in [5.41, 5.74) is 0.269. The minimum atomic E-state index is -0.438. The van der Waals surface area contributed by atoms with Gasteiger partial charge in [-0.3, -0.25) is 4.79 Å². The Morgan fingerprint density at radius 1 is 1.44 bits per heavy atom. The van der Waals surface area contributed by atoms with E-state index in [0.717, 1.165) is 6.42 Å². The summed E-state index contributed by atoms with van der Waals surface area (Å²) in [5.74, 6) is -0.435. The van der Waals surface area contributed by atoms with Gasteiger partial charge in [-0.2, -0.15) is 0 Å². The predicted molar refractivity (Wildman–Crippen MR) is 66.1 cm³/mol. The molecule has 0 aliphatic heterocycles. The van der Waals surface area contributed by atoms with Crippen molar-refractivity contribution in [3.8, 4) is 0 Å². The average Bonchev–Trinajstić information content (AvgIpc) is 2.83. The van der Waals surface area contributed by atoms with E-state index < -0.39 is 5.97 Å². The molecule has 0 aromatic carbocycles. The standard InChI is InChI=1S/C12H19N3O3/c1-3-6-13-11(16)5-7-15-8-10(14-9-15)12(17)18-4-2/h8-9H,3-7H2,1-2H3,(H,13,16). The van der Waals surface area contributed by atoms with Crippen LogP contribution in [0.3, 0.4) is 0 Å². The van der Waals surface area contributed by atoms with Crippen LogP contribution in [0.25, 0.3) is 0 Å². The van der Waals surface area contributed by atoms with Gasteiger partial charge in [0, 0.05) is 25.7 Å². The summed E-state index contributed by atoms with van der Waals surface area (Å²) in [5, 5.41) is 2.79. The van der Waals surface area contributed by atoms with Crippen LogP contribution in [-0.4, -0.2) is 34.6 Å². The zero-order valence-corrected chi connectivity index (χ0v) is 10.8. The molecule has 1 aromatic heterocycles. The Balaban J connectivity index is 2.39. The zero-order chi connectivity index (χ0) is 13.4. The summed E-state index contributed by atoms with van der Waals surface area (Å²) in [7, 11) is 0. The van der Waals surface area contributed by atoms with Gasteiger partial charge in [-0.1, -0.05) is 6.92 Å². The number of aromatic nitrogens is 2. The molecule has 0 unspecified atom stereocenters. The van der Waals surface area contributed by atoms with Gasteiger partial charge in [-0.05, 0) is 13.3 Å². The van der Waals surface area contributed by atoms with Gasteiger partial charge in [0.2, 0.25) is 5.91 Å². The fourth-order valence-corrected chi connectivity index (χ4v) is 1.38. The molecule has 0 radical (unpaired) electrons. The largest absolute Gasteiger partial charge is 0.461 e. The molecule has 1 rings (SSSR count). The van der Waals surface area contributed by atoms with Gasteiger partial charge in [0.25, 0.3) is 0 Å². The highest BCUT2D eigenvalue weighted by molar-refractivity contribution is 5.86. The maximum Gasteiger partial charge on any atom is 0.358 e. The first-order valence-electron chi connectivity index (χ1n) is 6.13. The number of nitrogens with one attached hydrogen (secondary N) is 1. The van der Waals surface area contributed by atoms with Gasteiger partial charge < -0.3 is 14.6 Å². The number of hydrogen-bond acceptors (Lipinski definition) is 4. The summed E-state index contributed by atoms with van der Waals surface area (Å²) in [6.07, 6.45) is 4.41. The van der Waals surface area contributed by atoms with E-state index in [9.17, 15) is 9.59 Å². The lowest BCUT2D eigenvalue weighted by Crippen LogP contribution is -2.24. The van der Waals surface area contributed by atoms with Crippen molar-refractivity contribution in [2.75, 3.05) is 13.2 Å². The molecule has 100 valence electrons. The number of amides is 1. The highest BCUT2D eigenvalue weighted by atomic mass is 16.5. The smallest absolute Gasteiger partial charge is 0.358 e. The Labute approximate surface area is 106 Å². The fraction of sp³-hybridized carbons (Fsp3) is 0.583. The molecule has 1 aromatic rings. The molecule has 18 heavy (non-hydrogen) atoms. The number of carbonyl (C=O) groups excluding carboxylic acids is 2. The fourth-order valence-electron chi connectivity index (χ4n) is 1.38. The van der Waals surface area contributed by atoms with Crippen LogP contribution in [0.1, 0.15) is 37.2 Å². The van der Waals surface area contributed by atoms with Crippen LogP contribution in [0, 0.1) is 0 Å². The topological polar surface area (TPSA) is 73.2 Å². The molecular weight excluding hydrogens is 234 g/mol. The van der Waals surface area contributed by atoms with Crippen molar-refractivity contribution >= 4 is 11.9 Å². The number of aryl methyl sites for hydroxylation is 1. The van der Waals surface area contributed by atoms with E-state index in [-0.39, 0.29) is 11.6 Å². The van der Waals surface area contributed by atoms with Crippen molar-refractivity contribution < 1.29 is 14.3 Å². The summed E-state index contributed by atoms with van der Waals surface area (Å²) in [4.78, 5) is 26.7. The molecule has 0 atom stereocenters. The van der Waals surface area contributed by atoms with Gasteiger partial charge in [0.05, 0.1) is 12.9 Å². The number of carbonyl (C=O) groups is 2. The minimum Gasteiger partial charge on any atom is -0.461 e. The van der Waals surface area contributed by atoms with E-state index in [1.807, 2.05) is 6.92 Å². The van der Waals surface area contributed by atoms with Crippen LogP contribution in [0.15, 0.2) is 12.5 Å². The van der Waals surface area contributed by atoms with Crippen molar-refractivity contribution in [3.63, 3.8) is 0 Å². The lowest BCUT2D eigenvalue weighted by Gasteiger charge is -2.03. The van der Waals surface area contributed by atoms with Crippen LogP contribution in [0.5, 0.6) is 0 Å². The van der Waals surface area contributed by atoms with Crippen LogP contribution >= 0.6 is 0 Å². The predicted octanol–water partition coefficient (Wildman–Crippen LogP) is 0.976. The van der Waals surface area contributed by atoms with Crippen LogP contribution in [0.2, 0.25) is 0 Å². The average molecular weight is 253 g/mol. The molecule has 0 fully saturated rings. The molecule has 6 heteroatoms. The lowest BCUT2D eigenvalue weighted by atomic mass is 10.3. The summed E-state index contributed by atoms with van der Waals surface area (Å²) < 4.78 is 6.53. The van der Waals surface area contributed by atoms with Crippen molar-refractivity contribution in [1.29, 1.82) is 0 Å². The Hall–Kier alpha value is -1.85. The third kappa shape index (κ3) is 4.57. The van der Waals surface area contributed by atoms with Crippen LogP contribution in [0.4, 0.5) is 0 Å². The van der Waals surface area contributed by atoms with E-state index in [4.69, 9.17) is 4.74 Å². The second-order valence-corrected chi connectivity index (χ2v) is 3.82. The molecule has 0 aliphatic carbocycles. The van der Waals surface area contributed by atoms with E-state index in [2.05, 4.69) is 10.3 Å². The highest BCUT2D eigenvalue weighted by Crippen LogP contribution is 2.00. The molecule has 0 saturated carbocycles. The lowest BCUT2D eigenvalue weighted by molar-refractivity contribution is -0.121. The van der Waals surface area contributed by atoms with E-state index in [1.54, 1.807) is 17.7 Å². The monoisotopic (exact) mass is 253 g/mol. The Kier molecular flexibility index (Phi) is 5.90. The van der Waals surface area contributed by atoms with Crippen molar-refractivity contribution in [1.82, 2.24) is 14.9 Å². The second kappa shape index (κ2) is 7.47. The number of nitrogens with zero attached hydrogens (tertiary/aromatic N) is 2. The summed E-state index contributed by atoms with van der Waals surface area (Å²) in [6, 6.07) is 0. The first-order valence-corrected chi connectivity index (χ1v) is 6.13. The number of hydrogen-bond donors (Lipinski definition) is 1. The molecule has 1 heterocycles. The molecule has 0 spiro atoms. The molecular formula is C12H19N3O3. The summed E-state index contributed by atoms with van der Waals surface area (Å²) >= 11 is 0. The van der Waals surface area contributed by atoms with E-state index in [0.29, 0.717) is 26.1 Å². The number of ether oxygens (including phenoxy) is 1. The molecule has 0 saturated heterocycles. The van der Waals surface area contributed by atoms with E-state index >= 15 is 0 Å². The zero-order valence-electron chi connectivity index (χ0n) is 10.8. The molecule has 0 aliphatic rings. The molecule has 6 nitrogen and oxygen atoms in total. The van der Waals surface area contributed by atoms with Gasteiger partial charge in [0.15, 0.2) is 5.69 Å². The first-order chi connectivity index (χ1) is 8.67. The highest BCUT2D eigenvalue weighted by Gasteiger charge is 2.10. The summed E-state index contributed by atoms with van der Waals surface area (Å²) in [6.45, 7) is 5.26. The third-order valence-electron chi connectivity index (χ3n) is 2.29. The normalized spacial score (nSPS) is 10.1. The molecule has 1 N–H and O–H groups in total. The van der Waals surface area contributed by atoms with Crippen LogP contribution in [-0.2, 0) is 16.1 Å². The number of esters is 1. The quantitative estimate of drug-likeness (QED) is 0.735. The molecule has 1 amide bonds. The Morgan fingerprint density at radius 2 is 2.22 bits per heavy atom. The van der Waals surface area contributed by atoms with E-state index in [1.165, 1.54) is 6.33 Å². The molecule has 0 bridgehead atoms. The first kappa shape index (κ1) is 14.2. The third-order valence-corrected chi connectivity index (χ3v) is 2.29. The van der Waals surface area contributed by atoms with Gasteiger partial charge in [0.1, 0.15) is 0 Å². The maximum atomic E-state index is 11.4. The second-order valence-electron chi connectivity index (χ2n) is 3.82. The van der Waals surface area contributed by atoms with Gasteiger partial charge >= 0.3 is 5.97 Å². The van der Waals surface area contributed by atoms with Crippen molar-refractivity contribution in [3.05, 3.63) is 18.2 Å². The van der Waals surface area contributed by atoms with Gasteiger partial charge in [-0.15, -0.1) is 0 Å². The number of rotatable bonds is 7. The number of imidazole rings is 1. The minimum absolute atomic E-state index is 0.00300. The van der Waals surface area contributed by atoms with Gasteiger partial charge in [-0.25, -0.2) is 9.78 Å². The van der Waals surface area contributed by atoms with Crippen molar-refractivity contribution in [2.45, 2.75) is 33.2 Å². The maximum absolute atomic E-state index is 11.4. The SMILES string of the molecule is CCCNC(=O)CCn1cnc(C(=O)OCC)c1. The Morgan fingerprint density at radius 3 is 2.89 bits per heavy atom.